The van der Waals surface area contributed by atoms with Crippen molar-refractivity contribution in [2.45, 2.75) is 6.54 Å². The van der Waals surface area contributed by atoms with Gasteiger partial charge in [-0.2, -0.15) is 0 Å². The van der Waals surface area contributed by atoms with Crippen LogP contribution in [0.15, 0.2) is 77.3 Å². The van der Waals surface area contributed by atoms with Crippen LogP contribution in [0.1, 0.15) is 15.9 Å². The zero-order chi connectivity index (χ0) is 25.2. The molecule has 0 saturated carbocycles. The lowest BCUT2D eigenvalue weighted by Gasteiger charge is -2.35. The summed E-state index contributed by atoms with van der Waals surface area (Å²) in [6.45, 7) is 3.98. The van der Waals surface area contributed by atoms with Gasteiger partial charge in [-0.15, -0.1) is 0 Å². The van der Waals surface area contributed by atoms with Crippen LogP contribution in [-0.4, -0.2) is 60.8 Å². The number of piperazine rings is 1. The first-order valence-electron chi connectivity index (χ1n) is 12.3. The highest BCUT2D eigenvalue weighted by Crippen LogP contribution is 2.33. The van der Waals surface area contributed by atoms with E-state index in [-0.39, 0.29) is 12.7 Å². The van der Waals surface area contributed by atoms with Gasteiger partial charge in [-0.3, -0.25) is 9.69 Å². The standard InChI is InChI=1S/C29H27N3O5/c1-34-22-9-7-21(8-10-22)27-17-30-28(37-27)23-4-2-3-5-24(23)29(33)32-14-12-31(13-15-32)18-20-6-11-25-26(16-20)36-19-35-25/h2-11,16-17H,12-15,18-19H2,1H3. The largest absolute Gasteiger partial charge is 0.497 e. The van der Waals surface area contributed by atoms with Gasteiger partial charge in [0.25, 0.3) is 5.91 Å². The van der Waals surface area contributed by atoms with E-state index in [1.165, 1.54) is 5.56 Å². The summed E-state index contributed by atoms with van der Waals surface area (Å²) in [7, 11) is 1.63. The first-order valence-corrected chi connectivity index (χ1v) is 12.3. The highest BCUT2D eigenvalue weighted by molar-refractivity contribution is 6.00. The first kappa shape index (κ1) is 23.1. The fraction of sp³-hybridized carbons (Fsp3) is 0.241. The van der Waals surface area contributed by atoms with Gasteiger partial charge in [0, 0.05) is 43.9 Å². The van der Waals surface area contributed by atoms with E-state index in [0.29, 0.717) is 35.9 Å². The van der Waals surface area contributed by atoms with Crippen molar-refractivity contribution in [2.75, 3.05) is 40.1 Å². The van der Waals surface area contributed by atoms with Crippen LogP contribution in [0.5, 0.6) is 17.2 Å². The molecule has 2 aliphatic heterocycles. The van der Waals surface area contributed by atoms with Crippen molar-refractivity contribution < 1.29 is 23.4 Å². The van der Waals surface area contributed by atoms with Crippen LogP contribution in [0.2, 0.25) is 0 Å². The minimum atomic E-state index is -0.0115. The van der Waals surface area contributed by atoms with Crippen molar-refractivity contribution >= 4 is 5.91 Å². The second-order valence-corrected chi connectivity index (χ2v) is 9.06. The summed E-state index contributed by atoms with van der Waals surface area (Å²) in [5.74, 6) is 3.41. The summed E-state index contributed by atoms with van der Waals surface area (Å²) in [5, 5.41) is 0. The molecule has 8 heteroatoms. The summed E-state index contributed by atoms with van der Waals surface area (Å²) >= 11 is 0. The molecule has 0 bridgehead atoms. The van der Waals surface area contributed by atoms with Crippen LogP contribution in [0, 0.1) is 0 Å². The molecule has 1 saturated heterocycles. The fourth-order valence-electron chi connectivity index (χ4n) is 4.72. The van der Waals surface area contributed by atoms with Crippen LogP contribution in [0.4, 0.5) is 0 Å². The van der Waals surface area contributed by atoms with E-state index in [9.17, 15) is 4.79 Å². The maximum absolute atomic E-state index is 13.5. The third-order valence-corrected chi connectivity index (χ3v) is 6.77. The number of ether oxygens (including phenoxy) is 3. The molecule has 37 heavy (non-hydrogen) atoms. The maximum Gasteiger partial charge on any atom is 0.254 e. The summed E-state index contributed by atoms with van der Waals surface area (Å²) < 4.78 is 22.2. The summed E-state index contributed by atoms with van der Waals surface area (Å²) in [4.78, 5) is 22.3. The molecule has 0 unspecified atom stereocenters. The van der Waals surface area contributed by atoms with Crippen molar-refractivity contribution in [3.8, 4) is 40.0 Å². The van der Waals surface area contributed by atoms with Gasteiger partial charge in [0.05, 0.1) is 18.9 Å². The zero-order valence-electron chi connectivity index (χ0n) is 20.6. The molecule has 3 aromatic carbocycles. The van der Waals surface area contributed by atoms with Gasteiger partial charge in [0.1, 0.15) is 5.75 Å². The molecule has 8 nitrogen and oxygen atoms in total. The number of oxazole rings is 1. The highest BCUT2D eigenvalue weighted by atomic mass is 16.7. The Balaban J connectivity index is 1.13. The van der Waals surface area contributed by atoms with Crippen LogP contribution in [0.3, 0.4) is 0 Å². The second kappa shape index (κ2) is 9.99. The molecule has 0 radical (unpaired) electrons. The number of methoxy groups -OCH3 is 1. The average Bonchev–Trinajstić information content (AvgIpc) is 3.63. The van der Waals surface area contributed by atoms with E-state index in [1.807, 2.05) is 65.6 Å². The van der Waals surface area contributed by atoms with Gasteiger partial charge in [-0.25, -0.2) is 4.98 Å². The molecular weight excluding hydrogens is 470 g/mol. The van der Waals surface area contributed by atoms with Crippen molar-refractivity contribution in [1.82, 2.24) is 14.8 Å². The lowest BCUT2D eigenvalue weighted by Crippen LogP contribution is -2.48. The topological polar surface area (TPSA) is 77.3 Å². The highest BCUT2D eigenvalue weighted by Gasteiger charge is 2.26. The Morgan fingerprint density at radius 2 is 1.73 bits per heavy atom. The minimum Gasteiger partial charge on any atom is -0.497 e. The van der Waals surface area contributed by atoms with Gasteiger partial charge in [-0.05, 0) is 54.1 Å². The lowest BCUT2D eigenvalue weighted by molar-refractivity contribution is 0.0629. The molecule has 1 fully saturated rings. The summed E-state index contributed by atoms with van der Waals surface area (Å²) in [6.07, 6.45) is 1.69. The normalized spacial score (nSPS) is 15.1. The van der Waals surface area contributed by atoms with E-state index >= 15 is 0 Å². The SMILES string of the molecule is COc1ccc(-c2cnc(-c3ccccc3C(=O)N3CCN(Cc4ccc5c(c4)OCO5)CC3)o2)cc1. The number of carbonyl (C=O) groups excluding carboxylic acids is 1. The Bertz CT molecular complexity index is 1410. The number of carbonyl (C=O) groups is 1. The van der Waals surface area contributed by atoms with Crippen molar-refractivity contribution in [2.24, 2.45) is 0 Å². The Hall–Kier alpha value is -4.30. The van der Waals surface area contributed by atoms with Crippen molar-refractivity contribution in [3.05, 3.63) is 84.1 Å². The Morgan fingerprint density at radius 3 is 2.54 bits per heavy atom. The molecule has 0 aliphatic carbocycles. The van der Waals surface area contributed by atoms with Gasteiger partial charge in [-0.1, -0.05) is 18.2 Å². The number of rotatable bonds is 6. The van der Waals surface area contributed by atoms with Crippen LogP contribution in [0.25, 0.3) is 22.8 Å². The third-order valence-electron chi connectivity index (χ3n) is 6.77. The van der Waals surface area contributed by atoms with Gasteiger partial charge in [0.2, 0.25) is 12.7 Å². The van der Waals surface area contributed by atoms with E-state index < -0.39 is 0 Å². The number of nitrogens with zero attached hydrogens (tertiary/aromatic N) is 3. The molecule has 0 spiro atoms. The Kier molecular flexibility index (Phi) is 6.24. The molecule has 1 aromatic heterocycles. The lowest BCUT2D eigenvalue weighted by atomic mass is 10.1. The predicted octanol–water partition coefficient (Wildman–Crippen LogP) is 4.70. The maximum atomic E-state index is 13.5. The molecule has 1 amide bonds. The van der Waals surface area contributed by atoms with Crippen LogP contribution in [-0.2, 0) is 6.54 Å². The fourth-order valence-corrected chi connectivity index (χ4v) is 4.72. The summed E-state index contributed by atoms with van der Waals surface area (Å²) in [6, 6.07) is 21.1. The predicted molar refractivity (Wildman–Crippen MR) is 138 cm³/mol. The van der Waals surface area contributed by atoms with Gasteiger partial charge >= 0.3 is 0 Å². The second-order valence-electron chi connectivity index (χ2n) is 9.06. The number of fused-ring (bicyclic) bond motifs is 1. The van der Waals surface area contributed by atoms with E-state index in [1.54, 1.807) is 13.3 Å². The van der Waals surface area contributed by atoms with Gasteiger partial charge < -0.3 is 23.5 Å². The average molecular weight is 498 g/mol. The zero-order valence-corrected chi connectivity index (χ0v) is 20.6. The molecule has 3 heterocycles. The van der Waals surface area contributed by atoms with Crippen molar-refractivity contribution in [1.29, 1.82) is 0 Å². The molecule has 6 rings (SSSR count). The minimum absolute atomic E-state index is 0.0115. The molecular formula is C29H27N3O5. The monoisotopic (exact) mass is 497 g/mol. The smallest absolute Gasteiger partial charge is 0.254 e. The molecule has 0 N–H and O–H groups in total. The number of hydrogen-bond acceptors (Lipinski definition) is 7. The number of amides is 1. The quantitative estimate of drug-likeness (QED) is 0.382. The summed E-state index contributed by atoms with van der Waals surface area (Å²) in [5.41, 5.74) is 3.35. The van der Waals surface area contributed by atoms with E-state index in [4.69, 9.17) is 18.6 Å². The van der Waals surface area contributed by atoms with Gasteiger partial charge in [0.15, 0.2) is 17.3 Å². The number of benzene rings is 3. The molecule has 0 atom stereocenters. The molecule has 2 aliphatic rings. The van der Waals surface area contributed by atoms with Crippen LogP contribution < -0.4 is 14.2 Å². The Morgan fingerprint density at radius 1 is 0.946 bits per heavy atom. The number of hydrogen-bond donors (Lipinski definition) is 0. The molecule has 188 valence electrons. The van der Waals surface area contributed by atoms with E-state index in [2.05, 4.69) is 16.0 Å². The third kappa shape index (κ3) is 4.75. The Labute approximate surface area is 215 Å². The molecule has 4 aromatic rings. The van der Waals surface area contributed by atoms with E-state index in [0.717, 1.165) is 42.4 Å². The first-order chi connectivity index (χ1) is 18.2. The van der Waals surface area contributed by atoms with Crippen LogP contribution >= 0.6 is 0 Å². The van der Waals surface area contributed by atoms with Crippen molar-refractivity contribution in [3.63, 3.8) is 0 Å². The number of aromatic nitrogens is 1.